The highest BCUT2D eigenvalue weighted by Crippen LogP contribution is 2.06. The van der Waals surface area contributed by atoms with Crippen molar-refractivity contribution >= 4 is 12.2 Å². The van der Waals surface area contributed by atoms with Gasteiger partial charge in [-0.2, -0.15) is 0 Å². The minimum absolute atomic E-state index is 1.23. The van der Waals surface area contributed by atoms with Crippen molar-refractivity contribution in [2.45, 2.75) is 0 Å². The smallest absolute Gasteiger partial charge is 0.0256 e. The Morgan fingerprint density at radius 3 is 1.21 bits per heavy atom. The van der Waals surface area contributed by atoms with Crippen LogP contribution in [0.4, 0.5) is 0 Å². The fourth-order valence-electron chi connectivity index (χ4n) is 1.32. The molecule has 0 spiro atoms. The zero-order chi connectivity index (χ0) is 9.64. The molecule has 0 bridgehead atoms. The van der Waals surface area contributed by atoms with E-state index in [2.05, 4.69) is 36.4 Å². The molecule has 0 aliphatic carbocycles. The first-order chi connectivity index (χ1) is 6.95. The molecule has 0 fully saturated rings. The van der Waals surface area contributed by atoms with Crippen molar-refractivity contribution in [3.63, 3.8) is 0 Å². The predicted molar refractivity (Wildman–Crippen MR) is 61.8 cm³/mol. The summed E-state index contributed by atoms with van der Waals surface area (Å²) in [5, 5.41) is 0. The molecule has 0 N–H and O–H groups in total. The van der Waals surface area contributed by atoms with Crippen LogP contribution in [0.3, 0.4) is 0 Å². The molecule has 2 rings (SSSR count). The third-order valence-electron chi connectivity index (χ3n) is 2.07. The summed E-state index contributed by atoms with van der Waals surface area (Å²) in [6.45, 7) is 0. The van der Waals surface area contributed by atoms with Crippen LogP contribution < -0.4 is 0 Å². The fraction of sp³-hybridized carbons (Fsp3) is 0. The summed E-state index contributed by atoms with van der Waals surface area (Å²) < 4.78 is 0. The average molecular weight is 181 g/mol. The third-order valence-corrected chi connectivity index (χ3v) is 2.07. The molecule has 0 amide bonds. The van der Waals surface area contributed by atoms with E-state index in [1.807, 2.05) is 36.4 Å². The molecular formula is C14H12. The van der Waals surface area contributed by atoms with Gasteiger partial charge in [0.05, 0.1) is 0 Å². The molecule has 0 atom stereocenters. The first kappa shape index (κ1) is 8.76. The summed E-state index contributed by atoms with van der Waals surface area (Å²) in [5.41, 5.74) is 2.47. The Morgan fingerprint density at radius 1 is 0.500 bits per heavy atom. The second-order valence-corrected chi connectivity index (χ2v) is 3.15. The van der Waals surface area contributed by atoms with Crippen molar-refractivity contribution in [2.75, 3.05) is 0 Å². The quantitative estimate of drug-likeness (QED) is 0.487. The Hall–Kier alpha value is -1.82. The van der Waals surface area contributed by atoms with Gasteiger partial charge in [0.15, 0.2) is 0 Å². The predicted octanol–water partition coefficient (Wildman–Crippen LogP) is 3.86. The zero-order valence-corrected chi connectivity index (χ0v) is 7.93. The molecule has 0 radical (unpaired) electrons. The van der Waals surface area contributed by atoms with Gasteiger partial charge in [-0.15, -0.1) is 0 Å². The number of rotatable bonds is 2. The standard InChI is InChI=1S/C14H12/c1-3-7-13(8-4-1)11-12-14-9-5-2-6-10-14/h1-12H/i11+1. The Bertz CT molecular complexity index is 357. The summed E-state index contributed by atoms with van der Waals surface area (Å²) >= 11 is 0. The van der Waals surface area contributed by atoms with Gasteiger partial charge in [-0.05, 0) is 11.1 Å². The summed E-state index contributed by atoms with van der Waals surface area (Å²) in [5.74, 6) is 0. The lowest BCUT2D eigenvalue weighted by Crippen LogP contribution is -1.70. The van der Waals surface area contributed by atoms with E-state index >= 15 is 0 Å². The number of hydrogen-bond acceptors (Lipinski definition) is 0. The Kier molecular flexibility index (Phi) is 2.77. The minimum Gasteiger partial charge on any atom is -0.0622 e. The van der Waals surface area contributed by atoms with Crippen molar-refractivity contribution in [1.29, 1.82) is 0 Å². The van der Waals surface area contributed by atoms with E-state index in [0.717, 1.165) is 0 Å². The van der Waals surface area contributed by atoms with Crippen LogP contribution in [0.2, 0.25) is 0 Å². The Labute approximate surface area is 84.5 Å². The largest absolute Gasteiger partial charge is 0.0622 e. The van der Waals surface area contributed by atoms with E-state index in [4.69, 9.17) is 0 Å². The van der Waals surface area contributed by atoms with Crippen molar-refractivity contribution in [3.8, 4) is 0 Å². The zero-order valence-electron chi connectivity index (χ0n) is 7.93. The normalized spacial score (nSPS) is 10.6. The molecule has 0 nitrogen and oxygen atoms in total. The lowest BCUT2D eigenvalue weighted by atomic mass is 10.2. The average Bonchev–Trinajstić information content (AvgIpc) is 2.29. The van der Waals surface area contributed by atoms with Gasteiger partial charge in [0, 0.05) is 0 Å². The molecule has 2 aromatic rings. The maximum atomic E-state index is 2.12. The highest BCUT2D eigenvalue weighted by atomic mass is 14.1. The SMILES string of the molecule is C(=[13CH]c1ccccc1)c1ccccc1. The van der Waals surface area contributed by atoms with Crippen LogP contribution in [0.25, 0.3) is 12.2 Å². The molecule has 2 aromatic carbocycles. The summed E-state index contributed by atoms with van der Waals surface area (Å²) in [6.07, 6.45) is 4.24. The summed E-state index contributed by atoms with van der Waals surface area (Å²) in [7, 11) is 0. The Morgan fingerprint density at radius 2 is 0.857 bits per heavy atom. The summed E-state index contributed by atoms with van der Waals surface area (Å²) in [6, 6.07) is 20.6. The number of benzene rings is 2. The van der Waals surface area contributed by atoms with E-state index in [1.165, 1.54) is 11.1 Å². The highest BCUT2D eigenvalue weighted by Gasteiger charge is 1.84. The lowest BCUT2D eigenvalue weighted by Gasteiger charge is -1.92. The van der Waals surface area contributed by atoms with E-state index < -0.39 is 0 Å². The topological polar surface area (TPSA) is 0 Å². The van der Waals surface area contributed by atoms with Crippen LogP contribution in [-0.4, -0.2) is 0 Å². The fourth-order valence-corrected chi connectivity index (χ4v) is 1.32. The van der Waals surface area contributed by atoms with E-state index in [-0.39, 0.29) is 0 Å². The highest BCUT2D eigenvalue weighted by molar-refractivity contribution is 5.69. The molecule has 0 saturated carbocycles. The van der Waals surface area contributed by atoms with Gasteiger partial charge in [-0.1, -0.05) is 72.8 Å². The second-order valence-electron chi connectivity index (χ2n) is 3.15. The van der Waals surface area contributed by atoms with Gasteiger partial charge >= 0.3 is 0 Å². The van der Waals surface area contributed by atoms with Gasteiger partial charge in [0.1, 0.15) is 0 Å². The molecule has 0 unspecified atom stereocenters. The van der Waals surface area contributed by atoms with Crippen LogP contribution in [0.5, 0.6) is 0 Å². The molecule has 0 aliphatic rings. The van der Waals surface area contributed by atoms with Crippen LogP contribution in [0, 0.1) is 0 Å². The van der Waals surface area contributed by atoms with E-state index in [9.17, 15) is 0 Å². The van der Waals surface area contributed by atoms with Crippen molar-refractivity contribution in [3.05, 3.63) is 71.8 Å². The lowest BCUT2D eigenvalue weighted by molar-refractivity contribution is 1.65. The Balaban J connectivity index is 2.16. The molecule has 0 aliphatic heterocycles. The van der Waals surface area contributed by atoms with E-state index in [0.29, 0.717) is 0 Å². The number of hydrogen-bond donors (Lipinski definition) is 0. The first-order valence-electron chi connectivity index (χ1n) is 4.73. The molecule has 14 heavy (non-hydrogen) atoms. The van der Waals surface area contributed by atoms with Crippen LogP contribution in [-0.2, 0) is 0 Å². The van der Waals surface area contributed by atoms with Gasteiger partial charge < -0.3 is 0 Å². The first-order valence-corrected chi connectivity index (χ1v) is 4.73. The van der Waals surface area contributed by atoms with Crippen molar-refractivity contribution in [2.24, 2.45) is 0 Å². The maximum Gasteiger partial charge on any atom is -0.0256 e. The second kappa shape index (κ2) is 4.43. The maximum absolute atomic E-state index is 2.12. The van der Waals surface area contributed by atoms with Gasteiger partial charge in [-0.25, -0.2) is 0 Å². The van der Waals surface area contributed by atoms with Crippen LogP contribution >= 0.6 is 0 Å². The monoisotopic (exact) mass is 181 g/mol. The van der Waals surface area contributed by atoms with Gasteiger partial charge in [-0.3, -0.25) is 0 Å². The summed E-state index contributed by atoms with van der Waals surface area (Å²) in [4.78, 5) is 0. The van der Waals surface area contributed by atoms with Crippen LogP contribution in [0.15, 0.2) is 60.7 Å². The van der Waals surface area contributed by atoms with Crippen molar-refractivity contribution < 1.29 is 0 Å². The molecule has 0 saturated heterocycles. The van der Waals surface area contributed by atoms with E-state index in [1.54, 1.807) is 0 Å². The van der Waals surface area contributed by atoms with Gasteiger partial charge in [0.2, 0.25) is 0 Å². The molecular weight excluding hydrogens is 169 g/mol. The van der Waals surface area contributed by atoms with Crippen LogP contribution in [0.1, 0.15) is 11.1 Å². The molecule has 0 heteroatoms. The third kappa shape index (κ3) is 2.33. The molecule has 0 aromatic heterocycles. The van der Waals surface area contributed by atoms with Crippen molar-refractivity contribution in [1.82, 2.24) is 0 Å². The molecule has 0 heterocycles. The van der Waals surface area contributed by atoms with Gasteiger partial charge in [0.25, 0.3) is 0 Å². The molecule has 68 valence electrons. The minimum atomic E-state index is 1.23.